The number of rotatable bonds is 4. The SMILES string of the molecule is C=C/C(=C(\C)NC(C)C(=O)O)C(F)(F)F. The van der Waals surface area contributed by atoms with Gasteiger partial charge in [-0.1, -0.05) is 12.7 Å². The lowest BCUT2D eigenvalue weighted by Crippen LogP contribution is -2.34. The van der Waals surface area contributed by atoms with Crippen LogP contribution in [0.1, 0.15) is 13.8 Å². The van der Waals surface area contributed by atoms with Gasteiger partial charge in [0.25, 0.3) is 0 Å². The fourth-order valence-electron chi connectivity index (χ4n) is 0.946. The first-order chi connectivity index (χ1) is 6.70. The predicted molar refractivity (Wildman–Crippen MR) is 49.2 cm³/mol. The Morgan fingerprint density at radius 1 is 1.53 bits per heavy atom. The molecular formula is C9H12F3NO2. The molecule has 86 valence electrons. The van der Waals surface area contributed by atoms with Crippen molar-refractivity contribution in [3.8, 4) is 0 Å². The van der Waals surface area contributed by atoms with Crippen molar-refractivity contribution in [2.45, 2.75) is 26.1 Å². The van der Waals surface area contributed by atoms with Crippen LogP contribution in [0.2, 0.25) is 0 Å². The number of halogens is 3. The number of hydrogen-bond donors (Lipinski definition) is 2. The van der Waals surface area contributed by atoms with Gasteiger partial charge in [-0.15, -0.1) is 0 Å². The second-order valence-electron chi connectivity index (χ2n) is 2.94. The molecule has 0 bridgehead atoms. The lowest BCUT2D eigenvalue weighted by atomic mass is 10.2. The van der Waals surface area contributed by atoms with Crippen molar-refractivity contribution in [3.63, 3.8) is 0 Å². The smallest absolute Gasteiger partial charge is 0.418 e. The summed E-state index contributed by atoms with van der Waals surface area (Å²) in [6.45, 7) is 5.44. The number of carboxylic acids is 1. The molecule has 0 aromatic rings. The van der Waals surface area contributed by atoms with E-state index in [1.54, 1.807) is 0 Å². The van der Waals surface area contributed by atoms with E-state index in [1.807, 2.05) is 0 Å². The standard InChI is InChI=1S/C9H12F3NO2/c1-4-7(9(10,11)12)5(2)13-6(3)8(14)15/h4,6,13H,1H2,2-3H3,(H,14,15)/b7-5-. The fraction of sp³-hybridized carbons (Fsp3) is 0.444. The Morgan fingerprint density at radius 2 is 2.00 bits per heavy atom. The molecule has 2 N–H and O–H groups in total. The Kier molecular flexibility index (Phi) is 4.39. The van der Waals surface area contributed by atoms with E-state index < -0.39 is 23.8 Å². The summed E-state index contributed by atoms with van der Waals surface area (Å²) < 4.78 is 36.9. The summed E-state index contributed by atoms with van der Waals surface area (Å²) in [6, 6.07) is -1.08. The number of nitrogens with one attached hydrogen (secondary N) is 1. The molecule has 0 radical (unpaired) electrons. The van der Waals surface area contributed by atoms with E-state index in [0.717, 1.165) is 6.92 Å². The van der Waals surface area contributed by atoms with Gasteiger partial charge in [-0.25, -0.2) is 0 Å². The molecule has 0 saturated carbocycles. The molecule has 3 nitrogen and oxygen atoms in total. The molecule has 1 unspecified atom stereocenters. The molecule has 0 aliphatic carbocycles. The second-order valence-corrected chi connectivity index (χ2v) is 2.94. The summed E-state index contributed by atoms with van der Waals surface area (Å²) in [5.41, 5.74) is -1.22. The van der Waals surface area contributed by atoms with E-state index in [2.05, 4.69) is 11.9 Å². The largest absolute Gasteiger partial charge is 0.480 e. The maximum Gasteiger partial charge on any atom is 0.418 e. The van der Waals surface area contributed by atoms with Gasteiger partial charge >= 0.3 is 12.1 Å². The second kappa shape index (κ2) is 4.86. The number of alkyl halides is 3. The maximum atomic E-state index is 12.3. The summed E-state index contributed by atoms with van der Waals surface area (Å²) in [5, 5.41) is 10.7. The van der Waals surface area contributed by atoms with Gasteiger partial charge in [0.15, 0.2) is 0 Å². The number of allylic oxidation sites excluding steroid dienone is 3. The summed E-state index contributed by atoms with van der Waals surface area (Å²) >= 11 is 0. The summed E-state index contributed by atoms with van der Waals surface area (Å²) in [7, 11) is 0. The van der Waals surface area contributed by atoms with Crippen molar-refractivity contribution < 1.29 is 23.1 Å². The van der Waals surface area contributed by atoms with Gasteiger partial charge in [0.2, 0.25) is 0 Å². The van der Waals surface area contributed by atoms with Crippen LogP contribution in [-0.2, 0) is 4.79 Å². The van der Waals surface area contributed by atoms with Crippen molar-refractivity contribution in [3.05, 3.63) is 23.9 Å². The number of carboxylic acid groups (broad SMARTS) is 1. The Hall–Kier alpha value is -1.46. The maximum absolute atomic E-state index is 12.3. The Balaban J connectivity index is 4.91. The van der Waals surface area contributed by atoms with Crippen LogP contribution in [0.3, 0.4) is 0 Å². The van der Waals surface area contributed by atoms with E-state index in [-0.39, 0.29) is 5.70 Å². The molecule has 0 aliphatic heterocycles. The first-order valence-electron chi connectivity index (χ1n) is 4.10. The van der Waals surface area contributed by atoms with Gasteiger partial charge in [0, 0.05) is 5.70 Å². The van der Waals surface area contributed by atoms with Crippen molar-refractivity contribution in [1.29, 1.82) is 0 Å². The van der Waals surface area contributed by atoms with Crippen LogP contribution < -0.4 is 5.32 Å². The third-order valence-corrected chi connectivity index (χ3v) is 1.72. The average Bonchev–Trinajstić information content (AvgIpc) is 2.01. The highest BCUT2D eigenvalue weighted by Gasteiger charge is 2.33. The Bertz CT molecular complexity index is 294. The van der Waals surface area contributed by atoms with Crippen LogP contribution in [0, 0.1) is 0 Å². The van der Waals surface area contributed by atoms with Crippen LogP contribution in [0.5, 0.6) is 0 Å². The molecule has 0 spiro atoms. The van der Waals surface area contributed by atoms with E-state index in [1.165, 1.54) is 6.92 Å². The van der Waals surface area contributed by atoms with Crippen molar-refractivity contribution in [1.82, 2.24) is 5.32 Å². The number of aliphatic carboxylic acids is 1. The summed E-state index contributed by atoms with van der Waals surface area (Å²) in [4.78, 5) is 10.4. The fourth-order valence-corrected chi connectivity index (χ4v) is 0.946. The first kappa shape index (κ1) is 13.5. The van der Waals surface area contributed by atoms with Crippen molar-refractivity contribution in [2.24, 2.45) is 0 Å². The third kappa shape index (κ3) is 4.05. The molecular weight excluding hydrogens is 211 g/mol. The van der Waals surface area contributed by atoms with Gasteiger partial charge in [-0.3, -0.25) is 4.79 Å². The van der Waals surface area contributed by atoms with Gasteiger partial charge in [0.1, 0.15) is 6.04 Å². The highest BCUT2D eigenvalue weighted by atomic mass is 19.4. The number of hydrogen-bond acceptors (Lipinski definition) is 2. The monoisotopic (exact) mass is 223 g/mol. The Labute approximate surface area is 85.3 Å². The quantitative estimate of drug-likeness (QED) is 0.717. The van der Waals surface area contributed by atoms with Crippen LogP contribution in [0.4, 0.5) is 13.2 Å². The molecule has 6 heteroatoms. The van der Waals surface area contributed by atoms with Crippen molar-refractivity contribution in [2.75, 3.05) is 0 Å². The van der Waals surface area contributed by atoms with E-state index in [4.69, 9.17) is 5.11 Å². The molecule has 0 aliphatic rings. The van der Waals surface area contributed by atoms with E-state index in [0.29, 0.717) is 6.08 Å². The summed E-state index contributed by atoms with van der Waals surface area (Å²) in [5.74, 6) is -1.22. The topological polar surface area (TPSA) is 49.3 Å². The van der Waals surface area contributed by atoms with Crippen molar-refractivity contribution >= 4 is 5.97 Å². The molecule has 0 fully saturated rings. The zero-order chi connectivity index (χ0) is 12.2. The lowest BCUT2D eigenvalue weighted by Gasteiger charge is -2.16. The molecule has 0 heterocycles. The van der Waals surface area contributed by atoms with Crippen LogP contribution in [0.15, 0.2) is 23.9 Å². The summed E-state index contributed by atoms with van der Waals surface area (Å²) in [6.07, 6.45) is -3.88. The zero-order valence-electron chi connectivity index (χ0n) is 8.35. The molecule has 0 saturated heterocycles. The molecule has 1 atom stereocenters. The molecule has 0 aromatic heterocycles. The molecule has 0 rings (SSSR count). The average molecular weight is 223 g/mol. The first-order valence-corrected chi connectivity index (χ1v) is 4.10. The van der Waals surface area contributed by atoms with Crippen LogP contribution >= 0.6 is 0 Å². The van der Waals surface area contributed by atoms with Gasteiger partial charge in [-0.05, 0) is 13.8 Å². The lowest BCUT2D eigenvalue weighted by molar-refractivity contribution is -0.138. The van der Waals surface area contributed by atoms with E-state index >= 15 is 0 Å². The highest BCUT2D eigenvalue weighted by Crippen LogP contribution is 2.28. The minimum Gasteiger partial charge on any atom is -0.480 e. The molecule has 0 aromatic carbocycles. The zero-order valence-corrected chi connectivity index (χ0v) is 8.35. The molecule has 0 amide bonds. The van der Waals surface area contributed by atoms with Crippen LogP contribution in [-0.4, -0.2) is 23.3 Å². The highest BCUT2D eigenvalue weighted by molar-refractivity contribution is 5.73. The van der Waals surface area contributed by atoms with Gasteiger partial charge in [-0.2, -0.15) is 13.2 Å². The normalized spacial score (nSPS) is 15.3. The third-order valence-electron chi connectivity index (χ3n) is 1.72. The Morgan fingerprint density at radius 3 is 2.27 bits per heavy atom. The predicted octanol–water partition coefficient (Wildman–Crippen LogP) is 2.07. The van der Waals surface area contributed by atoms with Gasteiger partial charge in [0.05, 0.1) is 5.57 Å². The van der Waals surface area contributed by atoms with E-state index in [9.17, 15) is 18.0 Å². The number of carbonyl (C=O) groups is 1. The van der Waals surface area contributed by atoms with Crippen LogP contribution in [0.25, 0.3) is 0 Å². The molecule has 15 heavy (non-hydrogen) atoms. The van der Waals surface area contributed by atoms with Gasteiger partial charge < -0.3 is 10.4 Å². The minimum atomic E-state index is -4.53. The minimum absolute atomic E-state index is 0.257.